The molecule has 0 unspecified atom stereocenters. The van der Waals surface area contributed by atoms with Crippen molar-refractivity contribution in [3.8, 4) is 0 Å². The number of rotatable bonds is 1. The average molecular weight is 178 g/mol. The van der Waals surface area contributed by atoms with E-state index in [1.54, 1.807) is 0 Å². The van der Waals surface area contributed by atoms with Crippen LogP contribution in [-0.2, 0) is 4.74 Å². The standard InChI is InChI=1S/C6H14N2O4/c7-1-2-4(9)5(10)3(8)6(11)12-2/h2-6,9-11H,1,7-8H2/t2-,3-,4+,5-,6+/m1/s1. The van der Waals surface area contributed by atoms with Crippen LogP contribution in [0.5, 0.6) is 0 Å². The zero-order chi connectivity index (χ0) is 9.30. The van der Waals surface area contributed by atoms with Gasteiger partial charge in [0.1, 0.15) is 18.3 Å². The second-order valence-corrected chi connectivity index (χ2v) is 2.86. The van der Waals surface area contributed by atoms with Gasteiger partial charge in [-0.2, -0.15) is 0 Å². The summed E-state index contributed by atoms with van der Waals surface area (Å²) in [5, 5.41) is 27.6. The molecule has 0 amide bonds. The highest BCUT2D eigenvalue weighted by molar-refractivity contribution is 4.91. The molecule has 72 valence electrons. The highest BCUT2D eigenvalue weighted by Gasteiger charge is 2.41. The topological polar surface area (TPSA) is 122 Å². The lowest BCUT2D eigenvalue weighted by Crippen LogP contribution is -2.62. The molecule has 0 bridgehead atoms. The minimum absolute atomic E-state index is 0.0298. The first-order valence-corrected chi connectivity index (χ1v) is 3.73. The third-order valence-electron chi connectivity index (χ3n) is 2.00. The fourth-order valence-corrected chi connectivity index (χ4v) is 1.16. The molecule has 0 saturated carbocycles. The third kappa shape index (κ3) is 1.58. The van der Waals surface area contributed by atoms with E-state index in [2.05, 4.69) is 0 Å². The van der Waals surface area contributed by atoms with Gasteiger partial charge < -0.3 is 31.5 Å². The van der Waals surface area contributed by atoms with Gasteiger partial charge in [0.25, 0.3) is 0 Å². The Morgan fingerprint density at radius 2 is 1.75 bits per heavy atom. The molecule has 0 aliphatic carbocycles. The van der Waals surface area contributed by atoms with E-state index in [0.717, 1.165) is 0 Å². The molecule has 0 radical (unpaired) electrons. The summed E-state index contributed by atoms with van der Waals surface area (Å²) in [7, 11) is 0. The van der Waals surface area contributed by atoms with Crippen molar-refractivity contribution in [3.05, 3.63) is 0 Å². The van der Waals surface area contributed by atoms with Crippen molar-refractivity contribution in [1.82, 2.24) is 0 Å². The maximum atomic E-state index is 9.28. The Morgan fingerprint density at radius 3 is 2.25 bits per heavy atom. The molecular weight excluding hydrogens is 164 g/mol. The second kappa shape index (κ2) is 3.65. The number of nitrogens with two attached hydrogens (primary N) is 2. The molecule has 12 heavy (non-hydrogen) atoms. The number of aliphatic hydroxyl groups excluding tert-OH is 3. The van der Waals surface area contributed by atoms with Crippen LogP contribution in [0, 0.1) is 0 Å². The molecule has 6 heteroatoms. The summed E-state index contributed by atoms with van der Waals surface area (Å²) in [6.45, 7) is 0.0298. The van der Waals surface area contributed by atoms with E-state index in [0.29, 0.717) is 0 Å². The molecule has 0 spiro atoms. The Bertz CT molecular complexity index is 152. The summed E-state index contributed by atoms with van der Waals surface area (Å²) in [5.41, 5.74) is 10.5. The third-order valence-corrected chi connectivity index (χ3v) is 2.00. The van der Waals surface area contributed by atoms with Crippen LogP contribution in [0.25, 0.3) is 0 Å². The Hall–Kier alpha value is -0.240. The van der Waals surface area contributed by atoms with Crippen LogP contribution in [0.1, 0.15) is 0 Å². The molecule has 1 aliphatic rings. The summed E-state index contributed by atoms with van der Waals surface area (Å²) < 4.78 is 4.83. The van der Waals surface area contributed by atoms with Gasteiger partial charge in [0, 0.05) is 6.54 Å². The fraction of sp³-hybridized carbons (Fsp3) is 1.00. The van der Waals surface area contributed by atoms with Gasteiger partial charge in [0.15, 0.2) is 6.29 Å². The molecule has 1 heterocycles. The number of hydrogen-bond acceptors (Lipinski definition) is 6. The summed E-state index contributed by atoms with van der Waals surface area (Å²) in [5.74, 6) is 0. The normalized spacial score (nSPS) is 49.2. The van der Waals surface area contributed by atoms with E-state index >= 15 is 0 Å². The van der Waals surface area contributed by atoms with Crippen molar-refractivity contribution >= 4 is 0 Å². The number of hydrogen-bond donors (Lipinski definition) is 5. The van der Waals surface area contributed by atoms with Gasteiger partial charge in [0.05, 0.1) is 6.04 Å². The van der Waals surface area contributed by atoms with Crippen LogP contribution in [0.3, 0.4) is 0 Å². The zero-order valence-corrected chi connectivity index (χ0v) is 6.50. The first-order valence-electron chi connectivity index (χ1n) is 3.73. The predicted molar refractivity (Wildman–Crippen MR) is 39.9 cm³/mol. The van der Waals surface area contributed by atoms with E-state index in [-0.39, 0.29) is 6.54 Å². The SMILES string of the molecule is NC[C@H]1O[C@H](O)[C@H](N)[C@@H](O)[C@H]1O. The maximum absolute atomic E-state index is 9.28. The molecule has 0 aromatic heterocycles. The molecule has 5 atom stereocenters. The summed E-state index contributed by atoms with van der Waals surface area (Å²) in [4.78, 5) is 0. The predicted octanol–water partition coefficient (Wildman–Crippen LogP) is -3.29. The van der Waals surface area contributed by atoms with Crippen molar-refractivity contribution in [2.75, 3.05) is 6.54 Å². The van der Waals surface area contributed by atoms with Crippen LogP contribution in [-0.4, -0.2) is 52.5 Å². The Labute approximate surface area is 69.7 Å². The zero-order valence-electron chi connectivity index (χ0n) is 6.50. The molecule has 0 aromatic carbocycles. The number of aliphatic hydroxyl groups is 3. The Kier molecular flexibility index (Phi) is 2.99. The van der Waals surface area contributed by atoms with Gasteiger partial charge in [-0.15, -0.1) is 0 Å². The highest BCUT2D eigenvalue weighted by Crippen LogP contribution is 2.17. The first kappa shape index (κ1) is 9.85. The largest absolute Gasteiger partial charge is 0.388 e. The lowest BCUT2D eigenvalue weighted by atomic mass is 9.98. The molecule has 6 nitrogen and oxygen atoms in total. The molecule has 1 saturated heterocycles. The smallest absolute Gasteiger partial charge is 0.172 e. The fourth-order valence-electron chi connectivity index (χ4n) is 1.16. The lowest BCUT2D eigenvalue weighted by molar-refractivity contribution is -0.238. The summed E-state index contributed by atoms with van der Waals surface area (Å²) >= 11 is 0. The van der Waals surface area contributed by atoms with Gasteiger partial charge >= 0.3 is 0 Å². The lowest BCUT2D eigenvalue weighted by Gasteiger charge is -2.38. The highest BCUT2D eigenvalue weighted by atomic mass is 16.6. The van der Waals surface area contributed by atoms with E-state index in [1.807, 2.05) is 0 Å². The molecule has 1 fully saturated rings. The minimum atomic E-state index is -1.27. The van der Waals surface area contributed by atoms with E-state index in [9.17, 15) is 10.2 Å². The van der Waals surface area contributed by atoms with Crippen molar-refractivity contribution < 1.29 is 20.1 Å². The van der Waals surface area contributed by atoms with E-state index in [1.165, 1.54) is 0 Å². The van der Waals surface area contributed by atoms with Crippen molar-refractivity contribution in [1.29, 1.82) is 0 Å². The maximum Gasteiger partial charge on any atom is 0.172 e. The van der Waals surface area contributed by atoms with E-state index < -0.39 is 30.6 Å². The van der Waals surface area contributed by atoms with Crippen molar-refractivity contribution in [2.45, 2.75) is 30.6 Å². The summed E-state index contributed by atoms with van der Waals surface area (Å²) in [6, 6.07) is -0.984. The van der Waals surface area contributed by atoms with Gasteiger partial charge in [-0.25, -0.2) is 0 Å². The van der Waals surface area contributed by atoms with Crippen molar-refractivity contribution in [2.24, 2.45) is 11.5 Å². The minimum Gasteiger partial charge on any atom is -0.388 e. The van der Waals surface area contributed by atoms with Crippen LogP contribution in [0.2, 0.25) is 0 Å². The molecule has 7 N–H and O–H groups in total. The van der Waals surface area contributed by atoms with Crippen LogP contribution in [0.4, 0.5) is 0 Å². The second-order valence-electron chi connectivity index (χ2n) is 2.86. The van der Waals surface area contributed by atoms with Gasteiger partial charge in [-0.1, -0.05) is 0 Å². The van der Waals surface area contributed by atoms with E-state index in [4.69, 9.17) is 21.3 Å². The molecule has 1 aliphatic heterocycles. The number of ether oxygens (including phenoxy) is 1. The van der Waals surface area contributed by atoms with Crippen LogP contribution in [0.15, 0.2) is 0 Å². The molecule has 0 aromatic rings. The molecule has 1 rings (SSSR count). The monoisotopic (exact) mass is 178 g/mol. The van der Waals surface area contributed by atoms with Gasteiger partial charge in [-0.05, 0) is 0 Å². The summed E-state index contributed by atoms with van der Waals surface area (Å²) in [6.07, 6.45) is -4.34. The Morgan fingerprint density at radius 1 is 1.17 bits per heavy atom. The first-order chi connectivity index (χ1) is 5.57. The van der Waals surface area contributed by atoms with Crippen LogP contribution >= 0.6 is 0 Å². The van der Waals surface area contributed by atoms with Crippen molar-refractivity contribution in [3.63, 3.8) is 0 Å². The van der Waals surface area contributed by atoms with Crippen LogP contribution < -0.4 is 11.5 Å². The van der Waals surface area contributed by atoms with Gasteiger partial charge in [0.2, 0.25) is 0 Å². The molecular formula is C6H14N2O4. The van der Waals surface area contributed by atoms with Gasteiger partial charge in [-0.3, -0.25) is 0 Å². The Balaban J connectivity index is 2.63. The quantitative estimate of drug-likeness (QED) is 0.287. The average Bonchev–Trinajstić information content (AvgIpc) is 2.08.